The summed E-state index contributed by atoms with van der Waals surface area (Å²) in [5.41, 5.74) is 8.03. The largest absolute Gasteiger partial charge is 0.494 e. The van der Waals surface area contributed by atoms with E-state index in [0.717, 1.165) is 41.0 Å². The zero-order chi connectivity index (χ0) is 23.5. The number of carbonyl (C=O) groups is 2. The van der Waals surface area contributed by atoms with E-state index in [1.165, 1.54) is 23.1 Å². The summed E-state index contributed by atoms with van der Waals surface area (Å²) < 4.78 is 7.34. The average Bonchev–Trinajstić information content (AvgIpc) is 3.32. The van der Waals surface area contributed by atoms with Crippen LogP contribution in [0.3, 0.4) is 0 Å². The van der Waals surface area contributed by atoms with Crippen molar-refractivity contribution in [3.05, 3.63) is 40.3 Å². The summed E-state index contributed by atoms with van der Waals surface area (Å²) in [7, 11) is 1.87. The van der Waals surface area contributed by atoms with Gasteiger partial charge in [-0.15, -0.1) is 21.5 Å². The van der Waals surface area contributed by atoms with Gasteiger partial charge < -0.3 is 20.4 Å². The van der Waals surface area contributed by atoms with Crippen molar-refractivity contribution in [1.82, 2.24) is 14.8 Å². The number of amides is 2. The molecule has 0 bridgehead atoms. The van der Waals surface area contributed by atoms with Crippen molar-refractivity contribution in [3.63, 3.8) is 0 Å². The molecule has 0 saturated heterocycles. The quantitative estimate of drug-likeness (QED) is 0.468. The Labute approximate surface area is 200 Å². The van der Waals surface area contributed by atoms with E-state index in [1.807, 2.05) is 42.8 Å². The fourth-order valence-corrected chi connectivity index (χ4v) is 6.09. The topological polar surface area (TPSA) is 112 Å². The highest BCUT2D eigenvalue weighted by atomic mass is 32.2. The van der Waals surface area contributed by atoms with Crippen LogP contribution in [0.4, 0.5) is 5.00 Å². The molecule has 4 rings (SSSR count). The second-order valence-electron chi connectivity index (χ2n) is 8.08. The van der Waals surface area contributed by atoms with Crippen molar-refractivity contribution < 1.29 is 14.3 Å². The summed E-state index contributed by atoms with van der Waals surface area (Å²) in [5, 5.41) is 12.6. The number of hydrogen-bond donors (Lipinski definition) is 2. The van der Waals surface area contributed by atoms with Crippen LogP contribution in [0.15, 0.2) is 29.4 Å². The molecule has 1 unspecified atom stereocenters. The Bertz CT molecular complexity index is 1170. The molecule has 33 heavy (non-hydrogen) atoms. The van der Waals surface area contributed by atoms with Crippen LogP contribution in [0.5, 0.6) is 5.75 Å². The molecule has 2 heterocycles. The lowest BCUT2D eigenvalue weighted by molar-refractivity contribution is -0.113. The summed E-state index contributed by atoms with van der Waals surface area (Å²) in [5.74, 6) is 1.52. The van der Waals surface area contributed by atoms with Gasteiger partial charge in [-0.2, -0.15) is 0 Å². The second kappa shape index (κ2) is 9.96. The van der Waals surface area contributed by atoms with Gasteiger partial charge in [-0.05, 0) is 61.9 Å². The predicted molar refractivity (Wildman–Crippen MR) is 131 cm³/mol. The number of aromatic nitrogens is 3. The number of rotatable bonds is 8. The molecule has 3 aromatic rings. The predicted octanol–water partition coefficient (Wildman–Crippen LogP) is 3.90. The molecule has 1 aliphatic rings. The molecule has 0 spiro atoms. The summed E-state index contributed by atoms with van der Waals surface area (Å²) in [4.78, 5) is 25.9. The van der Waals surface area contributed by atoms with Crippen molar-refractivity contribution in [3.8, 4) is 17.1 Å². The van der Waals surface area contributed by atoms with Gasteiger partial charge in [0.25, 0.3) is 5.91 Å². The molecule has 2 aromatic heterocycles. The first-order valence-electron chi connectivity index (χ1n) is 10.9. The number of fused-ring (bicyclic) bond motifs is 1. The van der Waals surface area contributed by atoms with Crippen LogP contribution in [-0.4, -0.2) is 38.9 Å². The zero-order valence-electron chi connectivity index (χ0n) is 18.9. The number of ether oxygens (including phenoxy) is 1. The SMILES string of the molecule is CCOc1ccc(-c2nnc(SCC(=O)Nc3sc4c(c3C(N)=O)CCC(C)C4)n2C)cc1. The maximum atomic E-state index is 12.7. The molecule has 0 saturated carbocycles. The normalized spacial score (nSPS) is 15.2. The highest BCUT2D eigenvalue weighted by Gasteiger charge is 2.27. The van der Waals surface area contributed by atoms with Crippen LogP contribution in [0.1, 0.15) is 41.1 Å². The van der Waals surface area contributed by atoms with Crippen LogP contribution < -0.4 is 15.8 Å². The zero-order valence-corrected chi connectivity index (χ0v) is 20.5. The first kappa shape index (κ1) is 23.3. The average molecular weight is 486 g/mol. The van der Waals surface area contributed by atoms with Crippen molar-refractivity contribution in [2.75, 3.05) is 17.7 Å². The molecule has 8 nitrogen and oxygen atoms in total. The maximum Gasteiger partial charge on any atom is 0.251 e. The fourth-order valence-electron chi connectivity index (χ4n) is 3.95. The number of thioether (sulfide) groups is 1. The summed E-state index contributed by atoms with van der Waals surface area (Å²) in [6.45, 7) is 4.75. The van der Waals surface area contributed by atoms with Gasteiger partial charge in [0.05, 0.1) is 17.9 Å². The van der Waals surface area contributed by atoms with Crippen LogP contribution in [-0.2, 0) is 24.7 Å². The number of primary amides is 1. The molecule has 3 N–H and O–H groups in total. The van der Waals surface area contributed by atoms with E-state index >= 15 is 0 Å². The summed E-state index contributed by atoms with van der Waals surface area (Å²) >= 11 is 2.76. The molecular weight excluding hydrogens is 458 g/mol. The molecule has 2 amide bonds. The number of benzene rings is 1. The number of nitrogens with one attached hydrogen (secondary N) is 1. The number of thiophene rings is 1. The summed E-state index contributed by atoms with van der Waals surface area (Å²) in [6, 6.07) is 7.65. The lowest BCUT2D eigenvalue weighted by atomic mass is 9.88. The van der Waals surface area contributed by atoms with Gasteiger partial charge in [0, 0.05) is 17.5 Å². The molecule has 0 aliphatic heterocycles. The van der Waals surface area contributed by atoms with Crippen LogP contribution in [0.25, 0.3) is 11.4 Å². The van der Waals surface area contributed by atoms with Gasteiger partial charge in [-0.3, -0.25) is 9.59 Å². The fraction of sp³-hybridized carbons (Fsp3) is 0.391. The third kappa shape index (κ3) is 5.06. The van der Waals surface area contributed by atoms with Gasteiger partial charge in [-0.25, -0.2) is 0 Å². The van der Waals surface area contributed by atoms with Gasteiger partial charge in [-0.1, -0.05) is 18.7 Å². The Morgan fingerprint density at radius 1 is 1.30 bits per heavy atom. The van der Waals surface area contributed by atoms with Crippen LogP contribution in [0.2, 0.25) is 0 Å². The van der Waals surface area contributed by atoms with Gasteiger partial charge in [0.1, 0.15) is 10.8 Å². The van der Waals surface area contributed by atoms with Gasteiger partial charge in [0.2, 0.25) is 5.91 Å². The Hall–Kier alpha value is -2.85. The number of nitrogens with zero attached hydrogens (tertiary/aromatic N) is 3. The van der Waals surface area contributed by atoms with E-state index in [1.54, 1.807) is 0 Å². The number of carbonyl (C=O) groups excluding carboxylic acids is 2. The Kier molecular flexibility index (Phi) is 7.04. The standard InChI is InChI=1S/C23H27N5O3S2/c1-4-31-15-8-6-14(7-9-15)21-26-27-23(28(21)3)32-12-18(29)25-22-19(20(24)30)16-10-5-13(2)11-17(16)33-22/h6-9,13H,4-5,10-12H2,1-3H3,(H2,24,30)(H,25,29). The molecule has 10 heteroatoms. The molecule has 1 aromatic carbocycles. The first-order chi connectivity index (χ1) is 15.9. The maximum absolute atomic E-state index is 12.7. The third-order valence-electron chi connectivity index (χ3n) is 5.60. The van der Waals surface area contributed by atoms with Crippen molar-refractivity contribution in [1.29, 1.82) is 0 Å². The van der Waals surface area contributed by atoms with Gasteiger partial charge in [0.15, 0.2) is 11.0 Å². The van der Waals surface area contributed by atoms with E-state index in [0.29, 0.717) is 34.1 Å². The Balaban J connectivity index is 1.42. The molecular formula is C23H27N5O3S2. The minimum absolute atomic E-state index is 0.145. The van der Waals surface area contributed by atoms with E-state index in [-0.39, 0.29) is 11.7 Å². The molecule has 174 valence electrons. The van der Waals surface area contributed by atoms with Crippen molar-refractivity contribution in [2.24, 2.45) is 18.7 Å². The smallest absolute Gasteiger partial charge is 0.251 e. The highest BCUT2D eigenvalue weighted by molar-refractivity contribution is 7.99. The Morgan fingerprint density at radius 3 is 2.76 bits per heavy atom. The van der Waals surface area contributed by atoms with E-state index in [2.05, 4.69) is 22.4 Å². The monoisotopic (exact) mass is 485 g/mol. The van der Waals surface area contributed by atoms with Gasteiger partial charge >= 0.3 is 0 Å². The molecule has 0 fully saturated rings. The number of hydrogen-bond acceptors (Lipinski definition) is 7. The third-order valence-corrected chi connectivity index (χ3v) is 7.79. The highest BCUT2D eigenvalue weighted by Crippen LogP contribution is 2.39. The molecule has 1 aliphatic carbocycles. The van der Waals surface area contributed by atoms with E-state index < -0.39 is 5.91 Å². The Morgan fingerprint density at radius 2 is 2.06 bits per heavy atom. The van der Waals surface area contributed by atoms with Crippen molar-refractivity contribution in [2.45, 2.75) is 38.3 Å². The van der Waals surface area contributed by atoms with E-state index in [4.69, 9.17) is 10.5 Å². The van der Waals surface area contributed by atoms with Crippen LogP contribution in [0, 0.1) is 5.92 Å². The number of nitrogens with two attached hydrogens (primary N) is 1. The first-order valence-corrected chi connectivity index (χ1v) is 12.7. The second-order valence-corrected chi connectivity index (χ2v) is 10.1. The van der Waals surface area contributed by atoms with Crippen LogP contribution >= 0.6 is 23.1 Å². The number of anilines is 1. The van der Waals surface area contributed by atoms with Crippen molar-refractivity contribution >= 4 is 39.9 Å². The lowest BCUT2D eigenvalue weighted by Gasteiger charge is -2.18. The molecule has 1 atom stereocenters. The lowest BCUT2D eigenvalue weighted by Crippen LogP contribution is -2.20. The minimum Gasteiger partial charge on any atom is -0.494 e. The minimum atomic E-state index is -0.488. The molecule has 0 radical (unpaired) electrons. The summed E-state index contributed by atoms with van der Waals surface area (Å²) in [6.07, 6.45) is 2.76. The van der Waals surface area contributed by atoms with E-state index in [9.17, 15) is 9.59 Å².